The Morgan fingerprint density at radius 1 is 0.645 bits per heavy atom. The molecule has 4 aromatic rings. The molecule has 4 rings (SSSR count). The quantitative estimate of drug-likeness (QED) is 0.267. The second-order valence-electron chi connectivity index (χ2n) is 9.44. The van der Waals surface area contributed by atoms with E-state index in [1.165, 1.54) is 75.0 Å². The Bertz CT molecular complexity index is 1190. The van der Waals surface area contributed by atoms with Crippen LogP contribution in [0.5, 0.6) is 0 Å². The highest BCUT2D eigenvalue weighted by atomic mass is 14.2. The van der Waals surface area contributed by atoms with Crippen molar-refractivity contribution in [1.29, 1.82) is 0 Å². The number of unbranched alkanes of at least 4 members (excludes halogenated alkanes) is 1. The molecule has 1 atom stereocenters. The Morgan fingerprint density at radius 2 is 1.23 bits per heavy atom. The molecule has 0 nitrogen and oxygen atoms in total. The van der Waals surface area contributed by atoms with Crippen LogP contribution in [0.4, 0.5) is 0 Å². The fourth-order valence-electron chi connectivity index (χ4n) is 5.03. The van der Waals surface area contributed by atoms with E-state index in [0.717, 1.165) is 12.3 Å². The molecule has 0 fully saturated rings. The summed E-state index contributed by atoms with van der Waals surface area (Å²) < 4.78 is 0. The van der Waals surface area contributed by atoms with Crippen molar-refractivity contribution in [2.24, 2.45) is 5.92 Å². The minimum absolute atomic E-state index is 0.732. The maximum atomic E-state index is 2.42. The molecule has 0 heteroatoms. The zero-order valence-electron chi connectivity index (χ0n) is 19.9. The molecule has 31 heavy (non-hydrogen) atoms. The van der Waals surface area contributed by atoms with Gasteiger partial charge in [-0.15, -0.1) is 0 Å². The third kappa shape index (κ3) is 4.40. The zero-order valence-corrected chi connectivity index (χ0v) is 19.9. The molecule has 0 N–H and O–H groups in total. The van der Waals surface area contributed by atoms with Crippen LogP contribution < -0.4 is 0 Å². The lowest BCUT2D eigenvalue weighted by Crippen LogP contribution is -2.06. The molecule has 0 spiro atoms. The standard InChI is InChI=1S/C31H36/c1-6-8-9-24(7-2)20-30-28-18-22(4)12-16-26(28)27-17-13-23(5)19-29(27)31(30)25-14-10-21(3)11-15-25/h10-19,24H,6-9,20H2,1-5H3. The lowest BCUT2D eigenvalue weighted by molar-refractivity contribution is 0.451. The van der Waals surface area contributed by atoms with E-state index >= 15 is 0 Å². The molecule has 0 bridgehead atoms. The van der Waals surface area contributed by atoms with Crippen LogP contribution in [0.15, 0.2) is 60.7 Å². The largest absolute Gasteiger partial charge is 0.0654 e. The number of rotatable bonds is 7. The Morgan fingerprint density at radius 3 is 1.84 bits per heavy atom. The predicted molar refractivity (Wildman–Crippen MR) is 138 cm³/mol. The summed E-state index contributed by atoms with van der Waals surface area (Å²) in [6, 6.07) is 23.2. The Labute approximate surface area is 188 Å². The molecule has 0 radical (unpaired) electrons. The van der Waals surface area contributed by atoms with Gasteiger partial charge < -0.3 is 0 Å². The van der Waals surface area contributed by atoms with E-state index in [1.807, 2.05) is 0 Å². The SMILES string of the molecule is CCCCC(CC)Cc1c(-c2ccc(C)cc2)c2cc(C)ccc2c2ccc(C)cc12. The highest BCUT2D eigenvalue weighted by molar-refractivity contribution is 6.16. The summed E-state index contributed by atoms with van der Waals surface area (Å²) in [5, 5.41) is 5.63. The van der Waals surface area contributed by atoms with Crippen LogP contribution in [0.1, 0.15) is 61.8 Å². The minimum Gasteiger partial charge on any atom is -0.0654 e. The predicted octanol–water partition coefficient (Wildman–Crippen LogP) is 9.34. The molecule has 0 aromatic heterocycles. The summed E-state index contributed by atoms with van der Waals surface area (Å²) in [5.41, 5.74) is 8.34. The van der Waals surface area contributed by atoms with Gasteiger partial charge in [-0.25, -0.2) is 0 Å². The number of aryl methyl sites for hydroxylation is 3. The van der Waals surface area contributed by atoms with Gasteiger partial charge in [-0.05, 0) is 71.3 Å². The molecular weight excluding hydrogens is 372 g/mol. The van der Waals surface area contributed by atoms with E-state index in [9.17, 15) is 0 Å². The van der Waals surface area contributed by atoms with Crippen molar-refractivity contribution in [3.8, 4) is 11.1 Å². The zero-order chi connectivity index (χ0) is 22.0. The average Bonchev–Trinajstić information content (AvgIpc) is 2.77. The van der Waals surface area contributed by atoms with Gasteiger partial charge in [0.05, 0.1) is 0 Å². The third-order valence-electron chi connectivity index (χ3n) is 6.91. The molecule has 160 valence electrons. The molecule has 0 amide bonds. The van der Waals surface area contributed by atoms with Crippen molar-refractivity contribution in [2.75, 3.05) is 0 Å². The van der Waals surface area contributed by atoms with Crippen molar-refractivity contribution in [3.63, 3.8) is 0 Å². The molecule has 0 aliphatic heterocycles. The highest BCUT2D eigenvalue weighted by Crippen LogP contribution is 2.41. The second-order valence-corrected chi connectivity index (χ2v) is 9.44. The van der Waals surface area contributed by atoms with Crippen molar-refractivity contribution >= 4 is 21.5 Å². The van der Waals surface area contributed by atoms with E-state index in [-0.39, 0.29) is 0 Å². The second kappa shape index (κ2) is 9.27. The van der Waals surface area contributed by atoms with Crippen LogP contribution in [-0.2, 0) is 6.42 Å². The van der Waals surface area contributed by atoms with Crippen LogP contribution in [0.2, 0.25) is 0 Å². The maximum absolute atomic E-state index is 2.42. The van der Waals surface area contributed by atoms with E-state index < -0.39 is 0 Å². The summed E-state index contributed by atoms with van der Waals surface area (Å²) in [6.07, 6.45) is 6.32. The van der Waals surface area contributed by atoms with Crippen molar-refractivity contribution in [2.45, 2.75) is 66.7 Å². The van der Waals surface area contributed by atoms with Gasteiger partial charge in [0.1, 0.15) is 0 Å². The van der Waals surface area contributed by atoms with E-state index in [4.69, 9.17) is 0 Å². The monoisotopic (exact) mass is 408 g/mol. The summed E-state index contributed by atoms with van der Waals surface area (Å²) in [4.78, 5) is 0. The smallest absolute Gasteiger partial charge is 0.00667 e. The van der Waals surface area contributed by atoms with Crippen LogP contribution in [0.25, 0.3) is 32.7 Å². The van der Waals surface area contributed by atoms with E-state index in [1.54, 1.807) is 5.56 Å². The van der Waals surface area contributed by atoms with Crippen molar-refractivity contribution in [3.05, 3.63) is 82.9 Å². The molecule has 1 unspecified atom stereocenters. The van der Waals surface area contributed by atoms with Gasteiger partial charge in [-0.3, -0.25) is 0 Å². The maximum Gasteiger partial charge on any atom is -0.00667 e. The van der Waals surface area contributed by atoms with Gasteiger partial charge in [0, 0.05) is 0 Å². The first-order valence-electron chi connectivity index (χ1n) is 12.0. The van der Waals surface area contributed by atoms with Gasteiger partial charge in [0.25, 0.3) is 0 Å². The highest BCUT2D eigenvalue weighted by Gasteiger charge is 2.19. The first kappa shape index (κ1) is 21.6. The third-order valence-corrected chi connectivity index (χ3v) is 6.91. The first-order valence-corrected chi connectivity index (χ1v) is 12.0. The van der Waals surface area contributed by atoms with E-state index in [0.29, 0.717) is 0 Å². The normalized spacial score (nSPS) is 12.5. The summed E-state index contributed by atoms with van der Waals surface area (Å²) in [7, 11) is 0. The van der Waals surface area contributed by atoms with Crippen LogP contribution in [0, 0.1) is 26.7 Å². The molecule has 0 saturated heterocycles. The van der Waals surface area contributed by atoms with Gasteiger partial charge in [0.15, 0.2) is 0 Å². The van der Waals surface area contributed by atoms with E-state index in [2.05, 4.69) is 95.3 Å². The lowest BCUT2D eigenvalue weighted by atomic mass is 9.81. The molecular formula is C31H36. The average molecular weight is 409 g/mol. The topological polar surface area (TPSA) is 0 Å². The molecule has 0 aliphatic rings. The molecule has 0 heterocycles. The van der Waals surface area contributed by atoms with Gasteiger partial charge >= 0.3 is 0 Å². The fraction of sp³-hybridized carbons (Fsp3) is 0.355. The Hall–Kier alpha value is -2.60. The number of hydrogen-bond acceptors (Lipinski definition) is 0. The Balaban J connectivity index is 2.08. The number of benzene rings is 4. The lowest BCUT2D eigenvalue weighted by Gasteiger charge is -2.23. The number of fused-ring (bicyclic) bond motifs is 3. The van der Waals surface area contributed by atoms with Gasteiger partial charge in [-0.1, -0.05) is 117 Å². The van der Waals surface area contributed by atoms with Gasteiger partial charge in [-0.2, -0.15) is 0 Å². The number of hydrogen-bond donors (Lipinski definition) is 0. The van der Waals surface area contributed by atoms with Gasteiger partial charge in [0.2, 0.25) is 0 Å². The minimum atomic E-state index is 0.732. The van der Waals surface area contributed by atoms with Crippen LogP contribution in [-0.4, -0.2) is 0 Å². The van der Waals surface area contributed by atoms with Crippen molar-refractivity contribution in [1.82, 2.24) is 0 Å². The summed E-state index contributed by atoms with van der Waals surface area (Å²) >= 11 is 0. The fourth-order valence-corrected chi connectivity index (χ4v) is 5.03. The molecule has 0 aliphatic carbocycles. The van der Waals surface area contributed by atoms with Crippen LogP contribution in [0.3, 0.4) is 0 Å². The molecule has 4 aromatic carbocycles. The summed E-state index contributed by atoms with van der Waals surface area (Å²) in [5.74, 6) is 0.732. The Kier molecular flexibility index (Phi) is 6.46. The van der Waals surface area contributed by atoms with Crippen LogP contribution >= 0.6 is 0 Å². The first-order chi connectivity index (χ1) is 15.0. The molecule has 0 saturated carbocycles. The summed E-state index contributed by atoms with van der Waals surface area (Å²) in [6.45, 7) is 11.3. The van der Waals surface area contributed by atoms with Crippen molar-refractivity contribution < 1.29 is 0 Å².